The second kappa shape index (κ2) is 5.75. The van der Waals surface area contributed by atoms with Crippen molar-refractivity contribution in [2.45, 2.75) is 26.2 Å². The lowest BCUT2D eigenvalue weighted by molar-refractivity contribution is 0.288. The molecule has 4 heteroatoms. The van der Waals surface area contributed by atoms with Gasteiger partial charge in [-0.1, -0.05) is 49.1 Å². The number of ether oxygens (including phenoxy) is 1. The number of hydrogen-bond acceptors (Lipinski definition) is 1. The van der Waals surface area contributed by atoms with Gasteiger partial charge in [-0.15, -0.1) is 0 Å². The predicted molar refractivity (Wildman–Crippen MR) is 80.1 cm³/mol. The lowest BCUT2D eigenvalue weighted by Gasteiger charge is -2.16. The average Bonchev–Trinajstić information content (AvgIpc) is 2.39. The Labute approximate surface area is 119 Å². The van der Waals surface area contributed by atoms with Gasteiger partial charge < -0.3 is 4.74 Å². The van der Waals surface area contributed by atoms with Gasteiger partial charge in [-0.05, 0) is 17.7 Å². The summed E-state index contributed by atoms with van der Waals surface area (Å²) in [6.45, 7) is 7.06. The molecule has 0 N–H and O–H groups in total. The first-order chi connectivity index (χ1) is 9.36. The molecule has 0 radical (unpaired) electrons. The second-order valence-corrected chi connectivity index (χ2v) is 10.9. The molecule has 0 unspecified atom stereocenters. The van der Waals surface area contributed by atoms with E-state index in [-0.39, 0.29) is 12.4 Å². The van der Waals surface area contributed by atoms with Crippen LogP contribution in [0.2, 0.25) is 19.6 Å². The number of rotatable bonds is 4. The van der Waals surface area contributed by atoms with Crippen molar-refractivity contribution in [3.8, 4) is 5.75 Å². The lowest BCUT2D eigenvalue weighted by Crippen LogP contribution is -2.37. The molecule has 0 aromatic heterocycles. The molecule has 1 nitrogen and oxygen atoms in total. The van der Waals surface area contributed by atoms with Gasteiger partial charge in [0.1, 0.15) is 12.4 Å². The number of hydrogen-bond donors (Lipinski definition) is 0. The fourth-order valence-electron chi connectivity index (χ4n) is 1.85. The van der Waals surface area contributed by atoms with Gasteiger partial charge in [-0.2, -0.15) is 0 Å². The van der Waals surface area contributed by atoms with E-state index in [1.54, 1.807) is 0 Å². The molecule has 0 saturated carbocycles. The van der Waals surface area contributed by atoms with E-state index < -0.39 is 19.7 Å². The largest absolute Gasteiger partial charge is 0.486 e. The van der Waals surface area contributed by atoms with Crippen molar-refractivity contribution < 1.29 is 13.5 Å². The van der Waals surface area contributed by atoms with Gasteiger partial charge in [0.15, 0.2) is 11.6 Å². The van der Waals surface area contributed by atoms with E-state index in [0.29, 0.717) is 0 Å². The average molecular weight is 292 g/mol. The zero-order valence-corrected chi connectivity index (χ0v) is 12.9. The van der Waals surface area contributed by atoms with Crippen LogP contribution >= 0.6 is 0 Å². The van der Waals surface area contributed by atoms with Gasteiger partial charge in [-0.3, -0.25) is 0 Å². The molecule has 0 aliphatic heterocycles. The van der Waals surface area contributed by atoms with Crippen molar-refractivity contribution in [1.29, 1.82) is 0 Å². The third-order valence-corrected chi connectivity index (χ3v) is 5.17. The van der Waals surface area contributed by atoms with Gasteiger partial charge >= 0.3 is 0 Å². The van der Waals surface area contributed by atoms with E-state index in [1.165, 1.54) is 5.19 Å². The van der Waals surface area contributed by atoms with Crippen LogP contribution in [-0.2, 0) is 6.61 Å². The molecular weight excluding hydrogens is 274 g/mol. The maximum atomic E-state index is 13.4. The molecule has 0 aliphatic rings. The Bertz CT molecular complexity index is 588. The Morgan fingerprint density at radius 3 is 2.20 bits per heavy atom. The van der Waals surface area contributed by atoms with Gasteiger partial charge in [0.05, 0.1) is 8.07 Å². The van der Waals surface area contributed by atoms with Crippen LogP contribution in [0.5, 0.6) is 5.75 Å². The minimum atomic E-state index is -1.31. The van der Waals surface area contributed by atoms with E-state index in [9.17, 15) is 8.78 Å². The molecule has 0 amide bonds. The molecule has 0 saturated heterocycles. The van der Waals surface area contributed by atoms with E-state index >= 15 is 0 Å². The molecule has 106 valence electrons. The third-order valence-electron chi connectivity index (χ3n) is 3.11. The summed E-state index contributed by atoms with van der Waals surface area (Å²) in [5, 5.41) is 1.36. The lowest BCUT2D eigenvalue weighted by atomic mass is 10.2. The van der Waals surface area contributed by atoms with Gasteiger partial charge in [-0.25, -0.2) is 8.78 Å². The summed E-state index contributed by atoms with van der Waals surface area (Å²) in [5.41, 5.74) is 0.940. The Balaban J connectivity index is 2.06. The highest BCUT2D eigenvalue weighted by atomic mass is 28.3. The van der Waals surface area contributed by atoms with E-state index in [0.717, 1.165) is 23.8 Å². The van der Waals surface area contributed by atoms with E-state index in [4.69, 9.17) is 4.74 Å². The summed E-state index contributed by atoms with van der Waals surface area (Å²) in [4.78, 5) is 0. The zero-order valence-electron chi connectivity index (χ0n) is 11.9. The van der Waals surface area contributed by atoms with E-state index in [2.05, 4.69) is 31.8 Å². The molecule has 2 rings (SSSR count). The summed E-state index contributed by atoms with van der Waals surface area (Å²) in [6, 6.07) is 11.3. The summed E-state index contributed by atoms with van der Waals surface area (Å²) in [5.74, 6) is -1.11. The highest BCUT2D eigenvalue weighted by Gasteiger charge is 2.15. The third kappa shape index (κ3) is 3.67. The molecule has 0 heterocycles. The van der Waals surface area contributed by atoms with Crippen LogP contribution < -0.4 is 9.92 Å². The fourth-order valence-corrected chi connectivity index (χ4v) is 3.02. The molecule has 0 atom stereocenters. The maximum absolute atomic E-state index is 13.4. The normalized spacial score (nSPS) is 11.4. The Kier molecular flexibility index (Phi) is 4.23. The number of benzene rings is 2. The van der Waals surface area contributed by atoms with Crippen molar-refractivity contribution in [3.05, 3.63) is 59.7 Å². The molecular formula is C16H18F2OSi. The molecule has 0 aliphatic carbocycles. The SMILES string of the molecule is C[Si](C)(C)c1ccc(COc2cc(F)ccc2F)cc1. The molecule has 2 aromatic carbocycles. The Morgan fingerprint density at radius 1 is 0.950 bits per heavy atom. The summed E-state index contributed by atoms with van der Waals surface area (Å²) in [7, 11) is -1.31. The summed E-state index contributed by atoms with van der Waals surface area (Å²) >= 11 is 0. The fraction of sp³-hybridized carbons (Fsp3) is 0.250. The molecule has 2 aromatic rings. The van der Waals surface area contributed by atoms with Crippen molar-refractivity contribution in [2.24, 2.45) is 0 Å². The van der Waals surface area contributed by atoms with Crippen molar-refractivity contribution in [2.75, 3.05) is 0 Å². The van der Waals surface area contributed by atoms with Gasteiger partial charge in [0, 0.05) is 6.07 Å². The van der Waals surface area contributed by atoms with Gasteiger partial charge in [0.2, 0.25) is 0 Å². The minimum Gasteiger partial charge on any atom is -0.486 e. The predicted octanol–water partition coefficient (Wildman–Crippen LogP) is 4.09. The first-order valence-corrected chi connectivity index (χ1v) is 10.0. The molecule has 0 fully saturated rings. The topological polar surface area (TPSA) is 9.23 Å². The summed E-state index contributed by atoms with van der Waals surface area (Å²) in [6.07, 6.45) is 0. The highest BCUT2D eigenvalue weighted by molar-refractivity contribution is 6.88. The van der Waals surface area contributed by atoms with Crippen LogP contribution in [0.4, 0.5) is 8.78 Å². The Hall–Kier alpha value is -1.68. The van der Waals surface area contributed by atoms with Crippen LogP contribution in [0.3, 0.4) is 0 Å². The van der Waals surface area contributed by atoms with Crippen LogP contribution in [0, 0.1) is 11.6 Å². The first kappa shape index (κ1) is 14.7. The smallest absolute Gasteiger partial charge is 0.165 e. The van der Waals surface area contributed by atoms with Crippen LogP contribution in [0.15, 0.2) is 42.5 Å². The monoisotopic (exact) mass is 292 g/mol. The maximum Gasteiger partial charge on any atom is 0.165 e. The molecule has 0 bridgehead atoms. The van der Waals surface area contributed by atoms with Crippen LogP contribution in [0.25, 0.3) is 0 Å². The minimum absolute atomic E-state index is 0.0562. The van der Waals surface area contributed by atoms with Gasteiger partial charge in [0.25, 0.3) is 0 Å². The highest BCUT2D eigenvalue weighted by Crippen LogP contribution is 2.19. The molecule has 20 heavy (non-hydrogen) atoms. The quantitative estimate of drug-likeness (QED) is 0.771. The molecule has 0 spiro atoms. The second-order valence-electron chi connectivity index (χ2n) is 5.81. The number of halogens is 2. The summed E-state index contributed by atoms with van der Waals surface area (Å²) < 4.78 is 31.7. The van der Waals surface area contributed by atoms with Crippen molar-refractivity contribution in [3.63, 3.8) is 0 Å². The first-order valence-electron chi connectivity index (χ1n) is 6.53. The zero-order chi connectivity index (χ0) is 14.8. The van der Waals surface area contributed by atoms with Crippen molar-refractivity contribution >= 4 is 13.3 Å². The van der Waals surface area contributed by atoms with Crippen LogP contribution in [0.1, 0.15) is 5.56 Å². The van der Waals surface area contributed by atoms with Crippen LogP contribution in [-0.4, -0.2) is 8.07 Å². The standard InChI is InChI=1S/C16H18F2OSi/c1-20(2,3)14-7-4-12(5-8-14)11-19-16-10-13(17)6-9-15(16)18/h4-10H,11H2,1-3H3. The van der Waals surface area contributed by atoms with Crippen molar-refractivity contribution in [1.82, 2.24) is 0 Å². The van der Waals surface area contributed by atoms with E-state index in [1.807, 2.05) is 12.1 Å². The Morgan fingerprint density at radius 2 is 1.60 bits per heavy atom.